The van der Waals surface area contributed by atoms with Crippen molar-refractivity contribution in [1.29, 1.82) is 0 Å². The van der Waals surface area contributed by atoms with Crippen LogP contribution in [0.5, 0.6) is 5.75 Å². The fourth-order valence-corrected chi connectivity index (χ4v) is 3.02. The largest absolute Gasteiger partial charge is 0.497 e. The van der Waals surface area contributed by atoms with Crippen LogP contribution < -0.4 is 4.74 Å². The van der Waals surface area contributed by atoms with Crippen molar-refractivity contribution in [3.63, 3.8) is 0 Å². The van der Waals surface area contributed by atoms with E-state index in [-0.39, 0.29) is 0 Å². The van der Waals surface area contributed by atoms with Gasteiger partial charge in [-0.05, 0) is 40.8 Å². The van der Waals surface area contributed by atoms with Crippen LogP contribution in [0.4, 0.5) is 0 Å². The van der Waals surface area contributed by atoms with Gasteiger partial charge in [0.1, 0.15) is 11.6 Å². The monoisotopic (exact) mass is 356 g/mol. The summed E-state index contributed by atoms with van der Waals surface area (Å²) in [6.07, 6.45) is 0. The van der Waals surface area contributed by atoms with E-state index in [1.54, 1.807) is 18.4 Å². The van der Waals surface area contributed by atoms with Gasteiger partial charge in [0.05, 0.1) is 21.0 Å². The van der Waals surface area contributed by atoms with Gasteiger partial charge in [-0.2, -0.15) is 0 Å². The van der Waals surface area contributed by atoms with Crippen LogP contribution in [0.3, 0.4) is 0 Å². The normalized spacial score (nSPS) is 10.9. The molecule has 0 saturated heterocycles. The van der Waals surface area contributed by atoms with Crippen LogP contribution in [0.2, 0.25) is 0 Å². The number of imidazole rings is 1. The van der Waals surface area contributed by atoms with Gasteiger partial charge in [0.25, 0.3) is 0 Å². The molecule has 17 heavy (non-hydrogen) atoms. The summed E-state index contributed by atoms with van der Waals surface area (Å²) in [6, 6.07) is 7.97. The summed E-state index contributed by atoms with van der Waals surface area (Å²) in [7, 11) is 1.67. The van der Waals surface area contributed by atoms with Crippen molar-refractivity contribution in [3.05, 3.63) is 32.5 Å². The van der Waals surface area contributed by atoms with Gasteiger partial charge in [-0.25, -0.2) is 4.98 Å². The Kier molecular flexibility index (Phi) is 2.79. The minimum Gasteiger partial charge on any atom is -0.497 e. The van der Waals surface area contributed by atoms with E-state index in [4.69, 9.17) is 4.74 Å². The molecule has 0 amide bonds. The molecular weight excluding hydrogens is 347 g/mol. The molecular formula is C12H9IN2OS. The molecule has 3 rings (SSSR count). The summed E-state index contributed by atoms with van der Waals surface area (Å²) < 4.78 is 6.45. The van der Waals surface area contributed by atoms with E-state index in [2.05, 4.69) is 44.0 Å². The van der Waals surface area contributed by atoms with Crippen LogP contribution >= 0.6 is 33.9 Å². The molecule has 0 aliphatic rings. The number of benzene rings is 1. The quantitative estimate of drug-likeness (QED) is 0.707. The van der Waals surface area contributed by atoms with Gasteiger partial charge in [0.15, 0.2) is 0 Å². The topological polar surface area (TPSA) is 37.9 Å². The fraction of sp³-hybridized carbons (Fsp3) is 0.0833. The van der Waals surface area contributed by atoms with Gasteiger partial charge in [-0.1, -0.05) is 0 Å². The van der Waals surface area contributed by atoms with Crippen LogP contribution in [0.15, 0.2) is 29.6 Å². The summed E-state index contributed by atoms with van der Waals surface area (Å²) in [5, 5.41) is 2.11. The minimum absolute atomic E-state index is 0.840. The molecule has 0 atom stereocenters. The molecule has 0 fully saturated rings. The Morgan fingerprint density at radius 2 is 2.24 bits per heavy atom. The first kappa shape index (κ1) is 11.0. The standard InChI is InChI=1S/C12H9IN2OS/c1-16-8-2-3-9-10(5-8)15-12(14-9)7-4-11(13)17-6-7/h2-6H,1H3,(H,14,15). The van der Waals surface area contributed by atoms with E-state index < -0.39 is 0 Å². The average molecular weight is 356 g/mol. The maximum absolute atomic E-state index is 5.19. The molecule has 2 heterocycles. The summed E-state index contributed by atoms with van der Waals surface area (Å²) in [5.41, 5.74) is 3.09. The number of H-pyrrole nitrogens is 1. The zero-order valence-electron chi connectivity index (χ0n) is 9.03. The third-order valence-electron chi connectivity index (χ3n) is 2.53. The second-order valence-corrected chi connectivity index (χ2v) is 6.41. The molecule has 0 spiro atoms. The highest BCUT2D eigenvalue weighted by Crippen LogP contribution is 2.27. The second-order valence-electron chi connectivity index (χ2n) is 3.61. The number of fused-ring (bicyclic) bond motifs is 1. The molecule has 0 unspecified atom stereocenters. The van der Waals surface area contributed by atoms with Gasteiger partial charge >= 0.3 is 0 Å². The number of hydrogen-bond acceptors (Lipinski definition) is 3. The first-order valence-electron chi connectivity index (χ1n) is 5.04. The summed E-state index contributed by atoms with van der Waals surface area (Å²) in [4.78, 5) is 7.88. The van der Waals surface area contributed by atoms with Gasteiger partial charge in [-0.3, -0.25) is 0 Å². The molecule has 5 heteroatoms. The second kappa shape index (κ2) is 4.30. The lowest BCUT2D eigenvalue weighted by molar-refractivity contribution is 0.415. The Morgan fingerprint density at radius 3 is 2.94 bits per heavy atom. The Morgan fingerprint density at radius 1 is 1.35 bits per heavy atom. The van der Waals surface area contributed by atoms with Crippen molar-refractivity contribution < 1.29 is 4.74 Å². The zero-order valence-corrected chi connectivity index (χ0v) is 12.0. The number of nitrogens with zero attached hydrogens (tertiary/aromatic N) is 1. The van der Waals surface area contributed by atoms with E-state index in [9.17, 15) is 0 Å². The lowest BCUT2D eigenvalue weighted by Crippen LogP contribution is -1.81. The predicted molar refractivity (Wildman–Crippen MR) is 78.7 cm³/mol. The number of methoxy groups -OCH3 is 1. The van der Waals surface area contributed by atoms with Crippen LogP contribution in [-0.2, 0) is 0 Å². The van der Waals surface area contributed by atoms with Crippen molar-refractivity contribution >= 4 is 45.0 Å². The molecule has 3 aromatic rings. The average Bonchev–Trinajstić information content (AvgIpc) is 2.93. The molecule has 1 aromatic carbocycles. The van der Waals surface area contributed by atoms with E-state index in [1.807, 2.05) is 18.2 Å². The minimum atomic E-state index is 0.840. The van der Waals surface area contributed by atoms with E-state index in [1.165, 1.54) is 2.88 Å². The SMILES string of the molecule is COc1ccc2nc(-c3csc(I)c3)[nH]c2c1. The van der Waals surface area contributed by atoms with Crippen molar-refractivity contribution in [2.24, 2.45) is 0 Å². The molecule has 0 saturated carbocycles. The first-order valence-corrected chi connectivity index (χ1v) is 7.00. The number of rotatable bonds is 2. The Balaban J connectivity index is 2.13. The molecule has 3 nitrogen and oxygen atoms in total. The molecule has 86 valence electrons. The first-order chi connectivity index (χ1) is 8.26. The van der Waals surface area contributed by atoms with Crippen LogP contribution in [-0.4, -0.2) is 17.1 Å². The van der Waals surface area contributed by atoms with Gasteiger partial charge in [-0.15, -0.1) is 11.3 Å². The van der Waals surface area contributed by atoms with Crippen LogP contribution in [0, 0.1) is 2.88 Å². The highest BCUT2D eigenvalue weighted by Gasteiger charge is 2.07. The summed E-state index contributed by atoms with van der Waals surface area (Å²) in [5.74, 6) is 1.75. The Hall–Kier alpha value is -1.08. The molecule has 1 N–H and O–H groups in total. The fourth-order valence-electron chi connectivity index (χ4n) is 1.69. The maximum Gasteiger partial charge on any atom is 0.139 e. The molecule has 0 aliphatic carbocycles. The van der Waals surface area contributed by atoms with E-state index >= 15 is 0 Å². The summed E-state index contributed by atoms with van der Waals surface area (Å²) in [6.45, 7) is 0. The highest BCUT2D eigenvalue weighted by atomic mass is 127. The Labute approximate surface area is 116 Å². The van der Waals surface area contributed by atoms with Gasteiger partial charge in [0.2, 0.25) is 0 Å². The third-order valence-corrected chi connectivity index (χ3v) is 4.32. The third kappa shape index (κ3) is 2.04. The van der Waals surface area contributed by atoms with Crippen molar-refractivity contribution in [2.75, 3.05) is 7.11 Å². The van der Waals surface area contributed by atoms with Gasteiger partial charge < -0.3 is 9.72 Å². The molecule has 2 aromatic heterocycles. The molecule has 0 radical (unpaired) electrons. The van der Waals surface area contributed by atoms with E-state index in [0.29, 0.717) is 0 Å². The number of hydrogen-bond donors (Lipinski definition) is 1. The number of aromatic amines is 1. The zero-order chi connectivity index (χ0) is 11.8. The maximum atomic E-state index is 5.19. The van der Waals surface area contributed by atoms with Crippen molar-refractivity contribution in [1.82, 2.24) is 9.97 Å². The Bertz CT molecular complexity index is 674. The van der Waals surface area contributed by atoms with Crippen LogP contribution in [0.1, 0.15) is 0 Å². The predicted octanol–water partition coefficient (Wildman–Crippen LogP) is 3.90. The van der Waals surface area contributed by atoms with Crippen molar-refractivity contribution in [3.8, 4) is 17.1 Å². The smallest absolute Gasteiger partial charge is 0.139 e. The molecule has 0 bridgehead atoms. The molecule has 0 aliphatic heterocycles. The summed E-state index contributed by atoms with van der Waals surface area (Å²) >= 11 is 4.03. The van der Waals surface area contributed by atoms with Gasteiger partial charge in [0, 0.05) is 17.0 Å². The van der Waals surface area contributed by atoms with Crippen molar-refractivity contribution in [2.45, 2.75) is 0 Å². The lowest BCUT2D eigenvalue weighted by Gasteiger charge is -1.96. The lowest BCUT2D eigenvalue weighted by atomic mass is 10.3. The number of ether oxygens (including phenoxy) is 1. The number of thiophene rings is 1. The highest BCUT2D eigenvalue weighted by molar-refractivity contribution is 14.1. The van der Waals surface area contributed by atoms with E-state index in [0.717, 1.165) is 28.2 Å². The number of halogens is 1. The van der Waals surface area contributed by atoms with Crippen LogP contribution in [0.25, 0.3) is 22.4 Å². The number of aromatic nitrogens is 2. The number of nitrogens with one attached hydrogen (secondary N) is 1.